The molecule has 0 aromatic rings. The lowest BCUT2D eigenvalue weighted by Crippen LogP contribution is -2.45. The molecule has 0 radical (unpaired) electrons. The predicted octanol–water partition coefficient (Wildman–Crippen LogP) is 3.29. The molecule has 2 fully saturated rings. The van der Waals surface area contributed by atoms with Gasteiger partial charge in [-0.25, -0.2) is 0 Å². The summed E-state index contributed by atoms with van der Waals surface area (Å²) >= 11 is 0. The molecule has 0 bridgehead atoms. The average molecular weight is 295 g/mol. The van der Waals surface area contributed by atoms with Gasteiger partial charge in [-0.05, 0) is 25.7 Å². The molecule has 0 N–H and O–H groups in total. The molecular formula is C17H29NO3. The Labute approximate surface area is 128 Å². The highest BCUT2D eigenvalue weighted by Gasteiger charge is 2.32. The summed E-state index contributed by atoms with van der Waals surface area (Å²) in [4.78, 5) is 26.4. The predicted molar refractivity (Wildman–Crippen MR) is 81.8 cm³/mol. The fraction of sp³-hybridized carbons (Fsp3) is 0.882. The number of esters is 1. The van der Waals surface area contributed by atoms with Gasteiger partial charge in [0.2, 0.25) is 5.91 Å². The van der Waals surface area contributed by atoms with E-state index in [1.807, 2.05) is 4.90 Å². The van der Waals surface area contributed by atoms with Gasteiger partial charge < -0.3 is 9.64 Å². The van der Waals surface area contributed by atoms with Crippen LogP contribution in [0, 0.1) is 5.92 Å². The van der Waals surface area contributed by atoms with Crippen molar-refractivity contribution < 1.29 is 14.3 Å². The molecule has 2 rings (SSSR count). The maximum atomic E-state index is 12.9. The lowest BCUT2D eigenvalue weighted by molar-refractivity contribution is -0.150. The van der Waals surface area contributed by atoms with Crippen LogP contribution in [0.3, 0.4) is 0 Å². The molecule has 2 saturated carbocycles. The van der Waals surface area contributed by atoms with Crippen molar-refractivity contribution in [3.63, 3.8) is 0 Å². The highest BCUT2D eigenvalue weighted by atomic mass is 16.5. The van der Waals surface area contributed by atoms with E-state index in [4.69, 9.17) is 4.74 Å². The minimum absolute atomic E-state index is 0.121. The Hall–Kier alpha value is -1.06. The van der Waals surface area contributed by atoms with Crippen molar-refractivity contribution in [1.29, 1.82) is 0 Å². The third kappa shape index (κ3) is 4.72. The van der Waals surface area contributed by atoms with E-state index >= 15 is 0 Å². The zero-order valence-electron chi connectivity index (χ0n) is 13.3. The molecule has 2 aliphatic carbocycles. The van der Waals surface area contributed by atoms with Crippen molar-refractivity contribution >= 4 is 11.9 Å². The van der Waals surface area contributed by atoms with E-state index in [1.165, 1.54) is 39.2 Å². The second-order valence-electron chi connectivity index (χ2n) is 6.52. The standard InChI is InChI=1S/C17H29NO3/c1-21-16(19)13-18(15-11-7-8-12-15)17(20)14-9-5-3-2-4-6-10-14/h14-15H,2-13H2,1H3. The molecule has 2 aliphatic rings. The third-order valence-electron chi connectivity index (χ3n) is 5.03. The first-order valence-corrected chi connectivity index (χ1v) is 8.59. The van der Waals surface area contributed by atoms with Crippen LogP contribution in [0.4, 0.5) is 0 Å². The van der Waals surface area contributed by atoms with Crippen LogP contribution in [-0.2, 0) is 14.3 Å². The van der Waals surface area contributed by atoms with Crippen molar-refractivity contribution in [2.45, 2.75) is 76.7 Å². The summed E-state index contributed by atoms with van der Waals surface area (Å²) in [6.07, 6.45) is 12.5. The van der Waals surface area contributed by atoms with E-state index < -0.39 is 0 Å². The van der Waals surface area contributed by atoms with E-state index in [0.29, 0.717) is 0 Å². The number of carbonyl (C=O) groups is 2. The maximum Gasteiger partial charge on any atom is 0.325 e. The molecule has 0 heterocycles. The zero-order valence-corrected chi connectivity index (χ0v) is 13.3. The first-order valence-electron chi connectivity index (χ1n) is 8.59. The van der Waals surface area contributed by atoms with Gasteiger partial charge in [0, 0.05) is 12.0 Å². The maximum absolute atomic E-state index is 12.9. The number of hydrogen-bond donors (Lipinski definition) is 0. The van der Waals surface area contributed by atoms with Crippen LogP contribution in [0.1, 0.15) is 70.6 Å². The zero-order chi connectivity index (χ0) is 15.1. The second-order valence-corrected chi connectivity index (χ2v) is 6.52. The van der Waals surface area contributed by atoms with Crippen LogP contribution in [0.15, 0.2) is 0 Å². The minimum Gasteiger partial charge on any atom is -0.468 e. The van der Waals surface area contributed by atoms with Crippen LogP contribution >= 0.6 is 0 Å². The molecule has 1 amide bonds. The largest absolute Gasteiger partial charge is 0.468 e. The van der Waals surface area contributed by atoms with Crippen LogP contribution < -0.4 is 0 Å². The van der Waals surface area contributed by atoms with E-state index in [1.54, 1.807) is 0 Å². The Morgan fingerprint density at radius 1 is 0.905 bits per heavy atom. The molecule has 21 heavy (non-hydrogen) atoms. The van der Waals surface area contributed by atoms with Gasteiger partial charge in [-0.2, -0.15) is 0 Å². The lowest BCUT2D eigenvalue weighted by atomic mass is 9.89. The van der Waals surface area contributed by atoms with Gasteiger partial charge in [0.05, 0.1) is 7.11 Å². The number of rotatable bonds is 4. The number of carbonyl (C=O) groups excluding carboxylic acids is 2. The van der Waals surface area contributed by atoms with E-state index in [2.05, 4.69) is 0 Å². The Bertz CT molecular complexity index is 342. The van der Waals surface area contributed by atoms with Gasteiger partial charge >= 0.3 is 5.97 Å². The first kappa shape index (κ1) is 16.3. The fourth-order valence-electron chi connectivity index (χ4n) is 3.74. The number of amides is 1. The number of ether oxygens (including phenoxy) is 1. The van der Waals surface area contributed by atoms with E-state index in [-0.39, 0.29) is 30.4 Å². The van der Waals surface area contributed by atoms with Gasteiger partial charge in [0.15, 0.2) is 0 Å². The average Bonchev–Trinajstić information content (AvgIpc) is 2.97. The Kier molecular flexibility index (Phi) is 6.52. The van der Waals surface area contributed by atoms with Gasteiger partial charge in [-0.1, -0.05) is 44.9 Å². The normalized spacial score (nSPS) is 21.6. The van der Waals surface area contributed by atoms with Crippen LogP contribution in [0.5, 0.6) is 0 Å². The second kappa shape index (κ2) is 8.40. The third-order valence-corrected chi connectivity index (χ3v) is 5.03. The summed E-state index contributed by atoms with van der Waals surface area (Å²) in [5.74, 6) is 0.0332. The number of nitrogens with zero attached hydrogens (tertiary/aromatic N) is 1. The Morgan fingerprint density at radius 3 is 2.00 bits per heavy atom. The van der Waals surface area contributed by atoms with Crippen molar-refractivity contribution in [2.24, 2.45) is 5.92 Å². The topological polar surface area (TPSA) is 46.6 Å². The van der Waals surface area contributed by atoms with Gasteiger partial charge in [0.25, 0.3) is 0 Å². The molecular weight excluding hydrogens is 266 g/mol. The quantitative estimate of drug-likeness (QED) is 0.748. The molecule has 0 aromatic heterocycles. The molecule has 0 spiro atoms. The summed E-state index contributed by atoms with van der Waals surface area (Å²) < 4.78 is 4.79. The molecule has 0 atom stereocenters. The monoisotopic (exact) mass is 295 g/mol. The highest BCUT2D eigenvalue weighted by molar-refractivity contribution is 5.84. The molecule has 4 heteroatoms. The van der Waals surface area contributed by atoms with Crippen molar-refractivity contribution in [3.05, 3.63) is 0 Å². The highest BCUT2D eigenvalue weighted by Crippen LogP contribution is 2.29. The summed E-state index contributed by atoms with van der Waals surface area (Å²) in [6.45, 7) is 0.135. The van der Waals surface area contributed by atoms with E-state index in [0.717, 1.165) is 38.5 Å². The van der Waals surface area contributed by atoms with Crippen molar-refractivity contribution in [2.75, 3.05) is 13.7 Å². The van der Waals surface area contributed by atoms with Crippen molar-refractivity contribution in [3.8, 4) is 0 Å². The molecule has 0 unspecified atom stereocenters. The lowest BCUT2D eigenvalue weighted by Gasteiger charge is -2.32. The molecule has 4 nitrogen and oxygen atoms in total. The molecule has 0 aliphatic heterocycles. The van der Waals surface area contributed by atoms with Crippen LogP contribution in [-0.4, -0.2) is 36.5 Å². The molecule has 0 saturated heterocycles. The molecule has 0 aromatic carbocycles. The molecule has 120 valence electrons. The summed E-state index contributed by atoms with van der Waals surface area (Å²) in [5, 5.41) is 0. The van der Waals surface area contributed by atoms with Gasteiger partial charge in [-0.15, -0.1) is 0 Å². The number of methoxy groups -OCH3 is 1. The Morgan fingerprint density at radius 2 is 1.43 bits per heavy atom. The first-order chi connectivity index (χ1) is 10.2. The van der Waals surface area contributed by atoms with Crippen molar-refractivity contribution in [1.82, 2.24) is 4.90 Å². The summed E-state index contributed by atoms with van der Waals surface area (Å²) in [7, 11) is 1.40. The van der Waals surface area contributed by atoms with Gasteiger partial charge in [0.1, 0.15) is 6.54 Å². The smallest absolute Gasteiger partial charge is 0.325 e. The summed E-state index contributed by atoms with van der Waals surface area (Å²) in [5.41, 5.74) is 0. The van der Waals surface area contributed by atoms with E-state index in [9.17, 15) is 9.59 Å². The number of hydrogen-bond acceptors (Lipinski definition) is 3. The Balaban J connectivity index is 2.02. The SMILES string of the molecule is COC(=O)CN(C(=O)C1CCCCCCC1)C1CCCC1. The minimum atomic E-state index is -0.291. The van der Waals surface area contributed by atoms with Gasteiger partial charge in [-0.3, -0.25) is 9.59 Å². The van der Waals surface area contributed by atoms with Crippen LogP contribution in [0.25, 0.3) is 0 Å². The van der Waals surface area contributed by atoms with Crippen LogP contribution in [0.2, 0.25) is 0 Å². The fourth-order valence-corrected chi connectivity index (χ4v) is 3.74. The summed E-state index contributed by atoms with van der Waals surface area (Å²) in [6, 6.07) is 0.252.